The van der Waals surface area contributed by atoms with E-state index in [0.717, 1.165) is 0 Å². The molecule has 2 aliphatic rings. The van der Waals surface area contributed by atoms with Gasteiger partial charge in [0.15, 0.2) is 0 Å². The smallest absolute Gasteiger partial charge is 0.0159 e. The van der Waals surface area contributed by atoms with Crippen LogP contribution < -0.4 is 0 Å². The van der Waals surface area contributed by atoms with E-state index in [2.05, 4.69) is 246 Å². The van der Waals surface area contributed by atoms with E-state index < -0.39 is 0 Å². The van der Waals surface area contributed by atoms with E-state index in [4.69, 9.17) is 0 Å². The van der Waals surface area contributed by atoms with E-state index in [9.17, 15) is 0 Å². The maximum Gasteiger partial charge on any atom is 0.0159 e. The molecular weight excluding hydrogens is 817 g/mol. The molecule has 320 valence electrons. The van der Waals surface area contributed by atoms with Crippen molar-refractivity contribution in [1.82, 2.24) is 0 Å². The summed E-state index contributed by atoms with van der Waals surface area (Å²) in [5.41, 5.74) is 20.8. The third-order valence-electron chi connectivity index (χ3n) is 16.0. The molecule has 0 radical (unpaired) electrons. The first-order valence-electron chi connectivity index (χ1n) is 24.2. The van der Waals surface area contributed by atoms with Crippen LogP contribution in [-0.4, -0.2) is 0 Å². The fourth-order valence-corrected chi connectivity index (χ4v) is 12.6. The Morgan fingerprint density at radius 1 is 0.206 bits per heavy atom. The first-order valence-corrected chi connectivity index (χ1v) is 24.2. The number of hydrogen-bond acceptors (Lipinski definition) is 0. The van der Waals surface area contributed by atoms with Gasteiger partial charge in [0.05, 0.1) is 0 Å². The normalized spacial score (nSPS) is 14.1. The van der Waals surface area contributed by atoms with E-state index in [1.54, 1.807) is 0 Å². The van der Waals surface area contributed by atoms with Crippen LogP contribution in [0, 0.1) is 0 Å². The van der Waals surface area contributed by atoms with Gasteiger partial charge in [0.25, 0.3) is 0 Å². The lowest BCUT2D eigenvalue weighted by Crippen LogP contribution is -2.14. The Morgan fingerprint density at radius 3 is 0.941 bits per heavy atom. The van der Waals surface area contributed by atoms with Crippen LogP contribution in [0.3, 0.4) is 0 Å². The molecule has 0 heterocycles. The van der Waals surface area contributed by atoms with Gasteiger partial charge in [0.1, 0.15) is 0 Å². The molecule has 0 nitrogen and oxygen atoms in total. The molecule has 12 aromatic carbocycles. The Morgan fingerprint density at radius 2 is 0.515 bits per heavy atom. The van der Waals surface area contributed by atoms with E-state index in [1.165, 1.54) is 143 Å². The molecule has 0 unspecified atom stereocenters. The largest absolute Gasteiger partial charge is 0.0619 e. The lowest BCUT2D eigenvalue weighted by atomic mass is 9.81. The highest BCUT2D eigenvalue weighted by molar-refractivity contribution is 6.39. The number of rotatable bonds is 4. The second-order valence-corrected chi connectivity index (χ2v) is 20.4. The summed E-state index contributed by atoms with van der Waals surface area (Å²) in [6, 6.07) is 82.7. The van der Waals surface area contributed by atoms with Crippen LogP contribution >= 0.6 is 0 Å². The molecule has 0 heteroatoms. The number of hydrogen-bond donors (Lipinski definition) is 0. The molecule has 0 amide bonds. The minimum Gasteiger partial charge on any atom is -0.0619 e. The quantitative estimate of drug-likeness (QED) is 0.155. The molecule has 68 heavy (non-hydrogen) atoms. The van der Waals surface area contributed by atoms with Crippen molar-refractivity contribution in [2.24, 2.45) is 0 Å². The molecule has 2 aliphatic carbocycles. The summed E-state index contributed by atoms with van der Waals surface area (Å²) in [4.78, 5) is 0. The molecule has 0 spiro atoms. The van der Waals surface area contributed by atoms with Crippen LogP contribution in [0.4, 0.5) is 0 Å². The molecule has 0 saturated heterocycles. The molecule has 0 saturated carbocycles. The van der Waals surface area contributed by atoms with Crippen molar-refractivity contribution in [1.29, 1.82) is 0 Å². The van der Waals surface area contributed by atoms with Gasteiger partial charge in [-0.1, -0.05) is 210 Å². The first-order chi connectivity index (χ1) is 33.2. The Hall–Kier alpha value is -8.06. The van der Waals surface area contributed by atoms with Crippen molar-refractivity contribution in [2.45, 2.75) is 38.5 Å². The maximum atomic E-state index is 2.47. The van der Waals surface area contributed by atoms with Gasteiger partial charge in [-0.15, -0.1) is 0 Å². The van der Waals surface area contributed by atoms with Gasteiger partial charge in [-0.3, -0.25) is 0 Å². The van der Waals surface area contributed by atoms with Crippen LogP contribution in [0.2, 0.25) is 0 Å². The predicted molar refractivity (Wildman–Crippen MR) is 291 cm³/mol. The standard InChI is InChI=1S/C68H48/c1-67(2)61-25-11-9-21-53(61)55-33-29-47(39-63(55)67)43-17-13-15-41(35-43)45-27-31-51-52-32-28-46(38-60(52)66-58-24-8-6-20-50(58)49-19-5-7-23-57(49)65(66)59(51)37-45)42-16-14-18-44(36-42)48-30-34-56-54-22-10-12-26-62(54)68(3,4)64(56)40-48/h5-40H,1-4H3. The number of fused-ring (bicyclic) bond motifs is 17. The monoisotopic (exact) mass is 864 g/mol. The van der Waals surface area contributed by atoms with Gasteiger partial charge in [-0.2, -0.15) is 0 Å². The Labute approximate surface area is 397 Å². The van der Waals surface area contributed by atoms with Gasteiger partial charge in [-0.25, -0.2) is 0 Å². The Kier molecular flexibility index (Phi) is 8.19. The van der Waals surface area contributed by atoms with Crippen LogP contribution in [0.1, 0.15) is 49.9 Å². The van der Waals surface area contributed by atoms with E-state index in [0.29, 0.717) is 0 Å². The van der Waals surface area contributed by atoms with Crippen molar-refractivity contribution in [2.75, 3.05) is 0 Å². The molecule has 0 aliphatic heterocycles. The van der Waals surface area contributed by atoms with Crippen molar-refractivity contribution < 1.29 is 0 Å². The van der Waals surface area contributed by atoms with Crippen molar-refractivity contribution in [3.05, 3.63) is 241 Å². The summed E-state index contributed by atoms with van der Waals surface area (Å²) in [6.07, 6.45) is 0. The maximum absolute atomic E-state index is 2.47. The van der Waals surface area contributed by atoms with Gasteiger partial charge < -0.3 is 0 Å². The second kappa shape index (κ2) is 14.2. The third-order valence-corrected chi connectivity index (χ3v) is 16.0. The minimum absolute atomic E-state index is 0.0480. The Balaban J connectivity index is 0.932. The average molecular weight is 865 g/mol. The SMILES string of the molecule is CC1(C)c2ccccc2-c2ccc(-c3cccc(-c4ccc5c6ccc(-c7cccc(-c8ccc9c(c8)C(C)(C)c8ccccc8-9)c7)cc6c6c7ccccc7c7ccccc7c6c5c4)c3)cc21. The highest BCUT2D eigenvalue weighted by atomic mass is 14.4. The van der Waals surface area contributed by atoms with Gasteiger partial charge in [-0.05, 0) is 179 Å². The zero-order valence-corrected chi connectivity index (χ0v) is 38.8. The topological polar surface area (TPSA) is 0 Å². The van der Waals surface area contributed by atoms with E-state index in [-0.39, 0.29) is 10.8 Å². The van der Waals surface area contributed by atoms with E-state index in [1.807, 2.05) is 0 Å². The Bertz CT molecular complexity index is 3870. The molecule has 0 aromatic heterocycles. The van der Waals surface area contributed by atoms with Crippen molar-refractivity contribution in [3.63, 3.8) is 0 Å². The highest BCUT2D eigenvalue weighted by Crippen LogP contribution is 2.52. The molecule has 0 N–H and O–H groups in total. The molecule has 0 atom stereocenters. The lowest BCUT2D eigenvalue weighted by molar-refractivity contribution is 0.660. The third kappa shape index (κ3) is 5.55. The van der Waals surface area contributed by atoms with Gasteiger partial charge >= 0.3 is 0 Å². The minimum atomic E-state index is -0.0480. The summed E-state index contributed by atoms with van der Waals surface area (Å²) in [5, 5.41) is 12.9. The molecule has 0 bridgehead atoms. The van der Waals surface area contributed by atoms with Crippen LogP contribution in [0.25, 0.3) is 121 Å². The van der Waals surface area contributed by atoms with Crippen LogP contribution in [0.5, 0.6) is 0 Å². The molecular formula is C68H48. The summed E-state index contributed by atoms with van der Waals surface area (Å²) >= 11 is 0. The zero-order valence-electron chi connectivity index (χ0n) is 38.8. The summed E-state index contributed by atoms with van der Waals surface area (Å²) in [7, 11) is 0. The fourth-order valence-electron chi connectivity index (χ4n) is 12.6. The average Bonchev–Trinajstić information content (AvgIpc) is 3.77. The number of benzene rings is 12. The molecule has 14 rings (SSSR count). The lowest BCUT2D eigenvalue weighted by Gasteiger charge is -2.22. The van der Waals surface area contributed by atoms with Crippen LogP contribution in [-0.2, 0) is 10.8 Å². The first kappa shape index (κ1) is 39.1. The summed E-state index contributed by atoms with van der Waals surface area (Å²) < 4.78 is 0. The van der Waals surface area contributed by atoms with Gasteiger partial charge in [0, 0.05) is 10.8 Å². The summed E-state index contributed by atoms with van der Waals surface area (Å²) in [6.45, 7) is 9.45. The molecule has 0 fully saturated rings. The predicted octanol–water partition coefficient (Wildman–Crippen LogP) is 18.7. The van der Waals surface area contributed by atoms with Crippen molar-refractivity contribution >= 4 is 53.9 Å². The van der Waals surface area contributed by atoms with Crippen LogP contribution in [0.15, 0.2) is 218 Å². The summed E-state index contributed by atoms with van der Waals surface area (Å²) in [5.74, 6) is 0. The van der Waals surface area contributed by atoms with Gasteiger partial charge in [0.2, 0.25) is 0 Å². The second-order valence-electron chi connectivity index (χ2n) is 20.4. The zero-order chi connectivity index (χ0) is 45.5. The van der Waals surface area contributed by atoms with Crippen molar-refractivity contribution in [3.8, 4) is 66.8 Å². The van der Waals surface area contributed by atoms with E-state index >= 15 is 0 Å². The fraction of sp³-hybridized carbons (Fsp3) is 0.0882. The highest BCUT2D eigenvalue weighted by Gasteiger charge is 2.36. The molecule has 12 aromatic rings.